The molecule has 0 aliphatic heterocycles. The van der Waals surface area contributed by atoms with Gasteiger partial charge in [0.1, 0.15) is 6.10 Å². The maximum Gasteiger partial charge on any atom is 0.221 e. The second-order valence-corrected chi connectivity index (χ2v) is 8.23. The third-order valence-corrected chi connectivity index (χ3v) is 6.25. The van der Waals surface area contributed by atoms with Gasteiger partial charge in [0, 0.05) is 17.8 Å². The lowest BCUT2D eigenvalue weighted by atomic mass is 10.2. The molecule has 1 aromatic carbocycles. The second-order valence-electron chi connectivity index (χ2n) is 5.17. The normalized spacial score (nSPS) is 12.8. The Bertz CT molecular complexity index is 753. The van der Waals surface area contributed by atoms with E-state index in [0.717, 1.165) is 10.4 Å². The van der Waals surface area contributed by atoms with Gasteiger partial charge >= 0.3 is 0 Å². The number of amides is 1. The van der Waals surface area contributed by atoms with Crippen molar-refractivity contribution >= 4 is 27.1 Å². The van der Waals surface area contributed by atoms with Crippen LogP contribution in [0.15, 0.2) is 46.7 Å². The molecule has 0 aliphatic carbocycles. The van der Waals surface area contributed by atoms with Crippen molar-refractivity contribution in [2.24, 2.45) is 0 Å². The average Bonchev–Trinajstić information content (AvgIpc) is 2.98. The molecule has 0 aliphatic rings. The van der Waals surface area contributed by atoms with Crippen molar-refractivity contribution in [3.8, 4) is 0 Å². The predicted octanol–water partition coefficient (Wildman–Crippen LogP) is 2.07. The molecule has 7 heteroatoms. The van der Waals surface area contributed by atoms with Gasteiger partial charge in [0.05, 0.1) is 10.6 Å². The minimum absolute atomic E-state index is 0.0750. The number of hydrogen-bond acceptors (Lipinski definition) is 5. The van der Waals surface area contributed by atoms with E-state index in [4.69, 9.17) is 0 Å². The van der Waals surface area contributed by atoms with E-state index in [1.54, 1.807) is 18.2 Å². The Labute approximate surface area is 139 Å². The Kier molecular flexibility index (Phi) is 5.92. The van der Waals surface area contributed by atoms with Crippen LogP contribution in [0.5, 0.6) is 0 Å². The number of nitrogens with one attached hydrogen (secondary N) is 1. The zero-order valence-electron chi connectivity index (χ0n) is 12.7. The molecule has 124 valence electrons. The summed E-state index contributed by atoms with van der Waals surface area (Å²) in [7, 11) is -3.47. The van der Waals surface area contributed by atoms with Crippen LogP contribution < -0.4 is 5.32 Å². The Morgan fingerprint density at radius 3 is 2.57 bits per heavy atom. The van der Waals surface area contributed by atoms with Crippen molar-refractivity contribution in [3.63, 3.8) is 0 Å². The summed E-state index contributed by atoms with van der Waals surface area (Å²) < 4.78 is 24.2. The van der Waals surface area contributed by atoms with Crippen molar-refractivity contribution in [1.29, 1.82) is 0 Å². The van der Waals surface area contributed by atoms with Crippen molar-refractivity contribution < 1.29 is 18.3 Å². The highest BCUT2D eigenvalue weighted by atomic mass is 32.2. The minimum atomic E-state index is -3.47. The zero-order valence-corrected chi connectivity index (χ0v) is 14.4. The molecular weight excluding hydrogens is 334 g/mol. The molecule has 0 unspecified atom stereocenters. The van der Waals surface area contributed by atoms with Crippen LogP contribution in [0.3, 0.4) is 0 Å². The molecule has 0 bridgehead atoms. The lowest BCUT2D eigenvalue weighted by Crippen LogP contribution is -2.29. The molecule has 5 nitrogen and oxygen atoms in total. The van der Waals surface area contributed by atoms with Crippen LogP contribution in [0.25, 0.3) is 0 Å². The number of carbonyl (C=O) groups excluding carboxylic acids is 1. The number of aliphatic hydroxyl groups excluding tert-OH is 1. The van der Waals surface area contributed by atoms with Gasteiger partial charge in [-0.3, -0.25) is 4.79 Å². The number of sulfone groups is 1. The summed E-state index contributed by atoms with van der Waals surface area (Å²) in [6.07, 6.45) is -0.905. The number of thiophene rings is 1. The number of rotatable bonds is 7. The Morgan fingerprint density at radius 2 is 1.96 bits per heavy atom. The largest absolute Gasteiger partial charge is 0.386 e. The molecule has 1 aromatic heterocycles. The quantitative estimate of drug-likeness (QED) is 0.798. The van der Waals surface area contributed by atoms with E-state index in [0.29, 0.717) is 0 Å². The number of carbonyl (C=O) groups is 1. The highest BCUT2D eigenvalue weighted by Crippen LogP contribution is 2.23. The molecule has 2 aromatic rings. The van der Waals surface area contributed by atoms with Crippen LogP contribution in [0, 0.1) is 6.92 Å². The van der Waals surface area contributed by atoms with Gasteiger partial charge in [-0.15, -0.1) is 11.3 Å². The number of aliphatic hydroxyl groups is 1. The molecule has 0 spiro atoms. The summed E-state index contributed by atoms with van der Waals surface area (Å²) in [6, 6.07) is 9.95. The molecule has 0 fully saturated rings. The van der Waals surface area contributed by atoms with Gasteiger partial charge in [-0.1, -0.05) is 18.2 Å². The molecule has 0 radical (unpaired) electrons. The van der Waals surface area contributed by atoms with Gasteiger partial charge in [0.15, 0.2) is 9.84 Å². The summed E-state index contributed by atoms with van der Waals surface area (Å²) in [5.74, 6) is -0.644. The van der Waals surface area contributed by atoms with Crippen LogP contribution in [0.2, 0.25) is 0 Å². The first-order valence-corrected chi connectivity index (χ1v) is 9.70. The lowest BCUT2D eigenvalue weighted by Gasteiger charge is -2.11. The zero-order chi connectivity index (χ0) is 16.9. The Morgan fingerprint density at radius 1 is 1.26 bits per heavy atom. The summed E-state index contributed by atoms with van der Waals surface area (Å²) in [5, 5.41) is 14.5. The Hall–Kier alpha value is -1.70. The van der Waals surface area contributed by atoms with E-state index in [9.17, 15) is 18.3 Å². The topological polar surface area (TPSA) is 83.5 Å². The SMILES string of the molecule is Cc1ccsc1[C@H](O)CNC(=O)CCS(=O)(=O)c1ccccc1. The van der Waals surface area contributed by atoms with Crippen molar-refractivity contribution in [2.75, 3.05) is 12.3 Å². The Balaban J connectivity index is 1.83. The van der Waals surface area contributed by atoms with E-state index in [1.807, 2.05) is 18.4 Å². The first-order valence-electron chi connectivity index (χ1n) is 7.17. The van der Waals surface area contributed by atoms with Crippen molar-refractivity contribution in [1.82, 2.24) is 5.32 Å². The number of aryl methyl sites for hydroxylation is 1. The molecular formula is C16H19NO4S2. The first-order chi connectivity index (χ1) is 10.9. The van der Waals surface area contributed by atoms with Crippen LogP contribution >= 0.6 is 11.3 Å². The fourth-order valence-corrected chi connectivity index (χ4v) is 4.26. The summed E-state index contributed by atoms with van der Waals surface area (Å²) in [4.78, 5) is 12.8. The van der Waals surface area contributed by atoms with Gasteiger partial charge in [0.25, 0.3) is 0 Å². The molecule has 1 heterocycles. The lowest BCUT2D eigenvalue weighted by molar-refractivity contribution is -0.121. The third kappa shape index (κ3) is 4.89. The summed E-state index contributed by atoms with van der Waals surface area (Å²) >= 11 is 1.43. The van der Waals surface area contributed by atoms with E-state index in [1.165, 1.54) is 23.5 Å². The predicted molar refractivity (Wildman–Crippen MR) is 90.1 cm³/mol. The third-order valence-electron chi connectivity index (χ3n) is 3.40. The first kappa shape index (κ1) is 17.7. The van der Waals surface area contributed by atoms with Crippen LogP contribution in [0.4, 0.5) is 0 Å². The summed E-state index contributed by atoms with van der Waals surface area (Å²) in [5.41, 5.74) is 0.975. The molecule has 1 amide bonds. The maximum atomic E-state index is 12.1. The van der Waals surface area contributed by atoms with E-state index < -0.39 is 21.8 Å². The van der Waals surface area contributed by atoms with Gasteiger partial charge in [-0.05, 0) is 36.1 Å². The van der Waals surface area contributed by atoms with Gasteiger partial charge in [-0.25, -0.2) is 8.42 Å². The maximum absolute atomic E-state index is 12.1. The molecule has 1 atom stereocenters. The minimum Gasteiger partial charge on any atom is -0.386 e. The standard InChI is InChI=1S/C16H19NO4S2/c1-12-7-9-22-16(12)14(18)11-17-15(19)8-10-23(20,21)13-5-3-2-4-6-13/h2-7,9,14,18H,8,10-11H2,1H3,(H,17,19)/t14-/m1/s1. The molecule has 23 heavy (non-hydrogen) atoms. The molecule has 0 saturated heterocycles. The molecule has 2 N–H and O–H groups in total. The number of hydrogen-bond donors (Lipinski definition) is 2. The monoisotopic (exact) mass is 353 g/mol. The fraction of sp³-hybridized carbons (Fsp3) is 0.312. The summed E-state index contributed by atoms with van der Waals surface area (Å²) in [6.45, 7) is 1.97. The fourth-order valence-electron chi connectivity index (χ4n) is 2.09. The van der Waals surface area contributed by atoms with Crippen LogP contribution in [-0.4, -0.2) is 31.7 Å². The van der Waals surface area contributed by atoms with Gasteiger partial charge in [0.2, 0.25) is 5.91 Å². The van der Waals surface area contributed by atoms with Gasteiger partial charge < -0.3 is 10.4 Å². The van der Waals surface area contributed by atoms with E-state index in [-0.39, 0.29) is 23.6 Å². The second kappa shape index (κ2) is 7.72. The molecule has 0 saturated carbocycles. The smallest absolute Gasteiger partial charge is 0.221 e. The van der Waals surface area contributed by atoms with E-state index >= 15 is 0 Å². The highest BCUT2D eigenvalue weighted by molar-refractivity contribution is 7.91. The van der Waals surface area contributed by atoms with Gasteiger partial charge in [-0.2, -0.15) is 0 Å². The number of benzene rings is 1. The van der Waals surface area contributed by atoms with Crippen molar-refractivity contribution in [3.05, 3.63) is 52.2 Å². The van der Waals surface area contributed by atoms with Crippen molar-refractivity contribution in [2.45, 2.75) is 24.3 Å². The molecule has 2 rings (SSSR count). The average molecular weight is 353 g/mol. The van der Waals surface area contributed by atoms with Crippen LogP contribution in [0.1, 0.15) is 23.0 Å². The van der Waals surface area contributed by atoms with Crippen LogP contribution in [-0.2, 0) is 14.6 Å². The highest BCUT2D eigenvalue weighted by Gasteiger charge is 2.17. The van der Waals surface area contributed by atoms with E-state index in [2.05, 4.69) is 5.32 Å².